The summed E-state index contributed by atoms with van der Waals surface area (Å²) < 4.78 is 1.95. The van der Waals surface area contributed by atoms with Gasteiger partial charge in [-0.2, -0.15) is 0 Å². The molecule has 2 heterocycles. The van der Waals surface area contributed by atoms with Crippen molar-refractivity contribution in [3.05, 3.63) is 30.7 Å². The fourth-order valence-corrected chi connectivity index (χ4v) is 1.06. The van der Waals surface area contributed by atoms with Crippen LogP contribution in [0, 0.1) is 0 Å². The van der Waals surface area contributed by atoms with E-state index in [0.29, 0.717) is 0 Å². The number of pyridine rings is 1. The van der Waals surface area contributed by atoms with E-state index < -0.39 is 0 Å². The van der Waals surface area contributed by atoms with Crippen LogP contribution in [-0.2, 0) is 7.05 Å². The van der Waals surface area contributed by atoms with Gasteiger partial charge in [0.05, 0.1) is 19.4 Å². The molecule has 2 rings (SSSR count). The monoisotopic (exact) mass is 273 g/mol. The van der Waals surface area contributed by atoms with E-state index >= 15 is 0 Å². The Kier molecular flexibility index (Phi) is 2.91. The molecular formula is C8H8IN3. The van der Waals surface area contributed by atoms with Crippen molar-refractivity contribution in [2.24, 2.45) is 7.05 Å². The summed E-state index contributed by atoms with van der Waals surface area (Å²) >= 11 is 0. The Morgan fingerprint density at radius 2 is 2.00 bits per heavy atom. The minimum absolute atomic E-state index is 0. The van der Waals surface area contributed by atoms with Crippen LogP contribution in [0.3, 0.4) is 0 Å². The third kappa shape index (κ3) is 1.52. The van der Waals surface area contributed by atoms with E-state index in [-0.39, 0.29) is 24.0 Å². The summed E-state index contributed by atoms with van der Waals surface area (Å²) in [5.74, 6) is 0. The number of hydrogen-bond donors (Lipinski definition) is 0. The Hall–Kier alpha value is -0.780. The van der Waals surface area contributed by atoms with E-state index in [4.69, 9.17) is 0 Å². The van der Waals surface area contributed by atoms with Gasteiger partial charge in [0.15, 0.2) is 11.7 Å². The summed E-state index contributed by atoms with van der Waals surface area (Å²) in [4.78, 5) is 8.34. The highest BCUT2D eigenvalue weighted by Gasteiger charge is 2.03. The zero-order valence-corrected chi connectivity index (χ0v) is 8.76. The SMILES string of the molecule is C[n+]1cccc2nccnc21.[I-]. The van der Waals surface area contributed by atoms with Gasteiger partial charge in [-0.1, -0.05) is 0 Å². The normalized spacial score (nSPS) is 9.42. The summed E-state index contributed by atoms with van der Waals surface area (Å²) in [7, 11) is 1.96. The molecular weight excluding hydrogens is 265 g/mol. The van der Waals surface area contributed by atoms with Crippen molar-refractivity contribution < 1.29 is 28.5 Å². The number of halogens is 1. The van der Waals surface area contributed by atoms with Gasteiger partial charge < -0.3 is 24.0 Å². The number of aryl methyl sites for hydroxylation is 1. The van der Waals surface area contributed by atoms with Crippen molar-refractivity contribution >= 4 is 11.2 Å². The minimum Gasteiger partial charge on any atom is -1.00 e. The van der Waals surface area contributed by atoms with Gasteiger partial charge in [-0.3, -0.25) is 0 Å². The van der Waals surface area contributed by atoms with Gasteiger partial charge in [0.1, 0.15) is 0 Å². The van der Waals surface area contributed by atoms with E-state index in [1.807, 2.05) is 29.9 Å². The molecule has 0 spiro atoms. The van der Waals surface area contributed by atoms with Crippen LogP contribution in [0.1, 0.15) is 0 Å². The number of aromatic nitrogens is 3. The maximum Gasteiger partial charge on any atom is 0.348 e. The summed E-state index contributed by atoms with van der Waals surface area (Å²) in [6.45, 7) is 0. The number of rotatable bonds is 0. The summed E-state index contributed by atoms with van der Waals surface area (Å²) in [6, 6.07) is 3.90. The number of nitrogens with zero attached hydrogens (tertiary/aromatic N) is 3. The van der Waals surface area contributed by atoms with Crippen LogP contribution in [-0.4, -0.2) is 9.97 Å². The van der Waals surface area contributed by atoms with Crippen LogP contribution in [0.25, 0.3) is 11.2 Å². The predicted octanol–water partition coefficient (Wildman–Crippen LogP) is -2.54. The smallest absolute Gasteiger partial charge is 0.348 e. The second kappa shape index (κ2) is 3.75. The van der Waals surface area contributed by atoms with Crippen LogP contribution >= 0.6 is 0 Å². The molecule has 0 fully saturated rings. The van der Waals surface area contributed by atoms with Gasteiger partial charge in [0, 0.05) is 0 Å². The molecule has 0 aliphatic carbocycles. The van der Waals surface area contributed by atoms with Gasteiger partial charge in [-0.15, -0.1) is 0 Å². The molecule has 3 nitrogen and oxygen atoms in total. The standard InChI is InChI=1S/C8H8N3.HI/c1-11-6-2-3-7-8(11)10-5-4-9-7;/h2-6H,1H3;1H/q+1;/p-1. The zero-order chi connectivity index (χ0) is 7.68. The molecule has 12 heavy (non-hydrogen) atoms. The van der Waals surface area contributed by atoms with Crippen LogP contribution in [0.2, 0.25) is 0 Å². The van der Waals surface area contributed by atoms with E-state index in [1.165, 1.54) is 0 Å². The van der Waals surface area contributed by atoms with E-state index in [1.54, 1.807) is 12.4 Å². The molecule has 0 bridgehead atoms. The molecule has 62 valence electrons. The quantitative estimate of drug-likeness (QED) is 0.391. The average Bonchev–Trinajstić information content (AvgIpc) is 2.06. The average molecular weight is 273 g/mol. The predicted molar refractivity (Wildman–Crippen MR) is 40.7 cm³/mol. The number of hydrogen-bond acceptors (Lipinski definition) is 2. The largest absolute Gasteiger partial charge is 1.00 e. The molecule has 0 aliphatic heterocycles. The Bertz CT molecular complexity index is 383. The van der Waals surface area contributed by atoms with Crippen molar-refractivity contribution in [3.63, 3.8) is 0 Å². The number of fused-ring (bicyclic) bond motifs is 1. The highest BCUT2D eigenvalue weighted by molar-refractivity contribution is 5.64. The lowest BCUT2D eigenvalue weighted by Crippen LogP contribution is -3.00. The Morgan fingerprint density at radius 1 is 1.25 bits per heavy atom. The first-order valence-corrected chi connectivity index (χ1v) is 3.43. The van der Waals surface area contributed by atoms with Crippen LogP contribution in [0.15, 0.2) is 30.7 Å². The lowest BCUT2D eigenvalue weighted by molar-refractivity contribution is -0.646. The molecule has 0 aliphatic rings. The van der Waals surface area contributed by atoms with Crippen LogP contribution < -0.4 is 28.5 Å². The fourth-order valence-electron chi connectivity index (χ4n) is 1.06. The van der Waals surface area contributed by atoms with Gasteiger partial charge >= 0.3 is 5.65 Å². The molecule has 0 amide bonds. The summed E-state index contributed by atoms with van der Waals surface area (Å²) in [5, 5.41) is 0. The van der Waals surface area contributed by atoms with E-state index in [9.17, 15) is 0 Å². The molecule has 0 aromatic carbocycles. The van der Waals surface area contributed by atoms with E-state index in [2.05, 4.69) is 9.97 Å². The summed E-state index contributed by atoms with van der Waals surface area (Å²) in [5.41, 5.74) is 1.84. The zero-order valence-electron chi connectivity index (χ0n) is 6.61. The topological polar surface area (TPSA) is 29.7 Å². The molecule has 0 N–H and O–H groups in total. The first-order valence-electron chi connectivity index (χ1n) is 3.43. The van der Waals surface area contributed by atoms with Crippen LogP contribution in [0.4, 0.5) is 0 Å². The van der Waals surface area contributed by atoms with Crippen molar-refractivity contribution in [3.8, 4) is 0 Å². The van der Waals surface area contributed by atoms with Crippen molar-refractivity contribution in [2.45, 2.75) is 0 Å². The third-order valence-corrected chi connectivity index (χ3v) is 1.60. The highest BCUT2D eigenvalue weighted by Crippen LogP contribution is 1.98. The van der Waals surface area contributed by atoms with Crippen molar-refractivity contribution in [2.75, 3.05) is 0 Å². The third-order valence-electron chi connectivity index (χ3n) is 1.60. The second-order valence-corrected chi connectivity index (χ2v) is 2.38. The first kappa shape index (κ1) is 9.31. The van der Waals surface area contributed by atoms with Gasteiger partial charge in [-0.25, -0.2) is 9.55 Å². The Morgan fingerprint density at radius 3 is 2.75 bits per heavy atom. The van der Waals surface area contributed by atoms with Crippen molar-refractivity contribution in [1.82, 2.24) is 9.97 Å². The van der Waals surface area contributed by atoms with E-state index in [0.717, 1.165) is 11.2 Å². The molecule has 0 unspecified atom stereocenters. The van der Waals surface area contributed by atoms with Crippen molar-refractivity contribution in [1.29, 1.82) is 0 Å². The molecule has 2 aromatic rings. The van der Waals surface area contributed by atoms with Gasteiger partial charge in [0.2, 0.25) is 0 Å². The molecule has 0 radical (unpaired) electrons. The summed E-state index contributed by atoms with van der Waals surface area (Å²) in [6.07, 6.45) is 5.35. The second-order valence-electron chi connectivity index (χ2n) is 2.38. The maximum absolute atomic E-state index is 4.18. The molecule has 0 saturated heterocycles. The molecule has 2 aromatic heterocycles. The molecule has 0 atom stereocenters. The fraction of sp³-hybridized carbons (Fsp3) is 0.125. The van der Waals surface area contributed by atoms with Crippen LogP contribution in [0.5, 0.6) is 0 Å². The molecule has 0 saturated carbocycles. The van der Waals surface area contributed by atoms with Gasteiger partial charge in [-0.05, 0) is 17.1 Å². The minimum atomic E-state index is 0. The lowest BCUT2D eigenvalue weighted by atomic mass is 10.4. The molecule has 4 heteroatoms. The lowest BCUT2D eigenvalue weighted by Gasteiger charge is -1.91. The first-order chi connectivity index (χ1) is 5.38. The van der Waals surface area contributed by atoms with Gasteiger partial charge in [0.25, 0.3) is 0 Å². The Balaban J connectivity index is 0.000000720. The highest BCUT2D eigenvalue weighted by atomic mass is 127. The maximum atomic E-state index is 4.18. The Labute approximate surface area is 87.5 Å².